The molecule has 0 radical (unpaired) electrons. The number of halogens is 4. The number of anilines is 1. The molecule has 2 aromatic carbocycles. The van der Waals surface area contributed by atoms with E-state index in [1.807, 2.05) is 0 Å². The Balaban J connectivity index is 1.64. The van der Waals surface area contributed by atoms with Crippen LogP contribution in [0.2, 0.25) is 0 Å². The van der Waals surface area contributed by atoms with Gasteiger partial charge in [-0.15, -0.1) is 0 Å². The number of rotatable bonds is 3. The molecular formula is C16H13F4N. The molecule has 0 unspecified atom stereocenters. The van der Waals surface area contributed by atoms with Gasteiger partial charge in [-0.25, -0.2) is 17.6 Å². The highest BCUT2D eigenvalue weighted by Gasteiger charge is 2.31. The van der Waals surface area contributed by atoms with Crippen LogP contribution in [0.5, 0.6) is 0 Å². The summed E-state index contributed by atoms with van der Waals surface area (Å²) in [6.45, 7) is 0. The van der Waals surface area contributed by atoms with Crippen molar-refractivity contribution < 1.29 is 17.6 Å². The summed E-state index contributed by atoms with van der Waals surface area (Å²) in [4.78, 5) is 0. The van der Waals surface area contributed by atoms with Crippen molar-refractivity contribution >= 4 is 5.69 Å². The van der Waals surface area contributed by atoms with Gasteiger partial charge in [0.15, 0.2) is 11.6 Å². The van der Waals surface area contributed by atoms with Gasteiger partial charge in [-0.05, 0) is 36.5 Å². The molecule has 1 nitrogen and oxygen atoms in total. The van der Waals surface area contributed by atoms with Gasteiger partial charge in [0.1, 0.15) is 17.3 Å². The van der Waals surface area contributed by atoms with Crippen LogP contribution in [-0.4, -0.2) is 6.04 Å². The zero-order valence-electron chi connectivity index (χ0n) is 11.0. The summed E-state index contributed by atoms with van der Waals surface area (Å²) in [6.07, 6.45) is 1.39. The molecule has 1 fully saturated rings. The minimum absolute atomic E-state index is 0.0745. The third kappa shape index (κ3) is 2.86. The van der Waals surface area contributed by atoms with Crippen molar-refractivity contribution in [3.8, 4) is 0 Å². The zero-order valence-corrected chi connectivity index (χ0v) is 11.0. The van der Waals surface area contributed by atoms with E-state index in [9.17, 15) is 17.6 Å². The predicted octanol–water partition coefficient (Wildman–Crippen LogP) is 4.60. The molecule has 1 N–H and O–H groups in total. The first-order valence-electron chi connectivity index (χ1n) is 6.69. The molecule has 1 saturated carbocycles. The molecule has 1 aliphatic rings. The van der Waals surface area contributed by atoms with Crippen LogP contribution < -0.4 is 5.32 Å². The maximum Gasteiger partial charge on any atom is 0.152 e. The van der Waals surface area contributed by atoms with E-state index in [4.69, 9.17) is 0 Å². The van der Waals surface area contributed by atoms with Gasteiger partial charge in [0.25, 0.3) is 0 Å². The van der Waals surface area contributed by atoms with E-state index >= 15 is 0 Å². The Labute approximate surface area is 119 Å². The van der Waals surface area contributed by atoms with Crippen molar-refractivity contribution in [2.24, 2.45) is 0 Å². The maximum atomic E-state index is 13.5. The Bertz CT molecular complexity index is 625. The highest BCUT2D eigenvalue weighted by Crippen LogP contribution is 2.39. The molecule has 21 heavy (non-hydrogen) atoms. The molecule has 3 rings (SSSR count). The molecule has 0 saturated heterocycles. The van der Waals surface area contributed by atoms with Crippen LogP contribution in [0, 0.1) is 23.3 Å². The normalized spacial score (nSPS) is 21.0. The van der Waals surface area contributed by atoms with Crippen molar-refractivity contribution in [2.45, 2.75) is 24.8 Å². The first-order valence-corrected chi connectivity index (χ1v) is 6.69. The molecule has 0 heterocycles. The largest absolute Gasteiger partial charge is 0.378 e. The van der Waals surface area contributed by atoms with Gasteiger partial charge in [-0.1, -0.05) is 12.1 Å². The average Bonchev–Trinajstić information content (AvgIpc) is 2.37. The van der Waals surface area contributed by atoms with Gasteiger partial charge in [0.05, 0.1) is 0 Å². The van der Waals surface area contributed by atoms with Gasteiger partial charge < -0.3 is 5.32 Å². The molecule has 1 aliphatic carbocycles. The molecule has 0 atom stereocenters. The lowest BCUT2D eigenvalue weighted by atomic mass is 9.76. The van der Waals surface area contributed by atoms with Crippen LogP contribution in [-0.2, 0) is 0 Å². The smallest absolute Gasteiger partial charge is 0.152 e. The average molecular weight is 295 g/mol. The molecule has 0 amide bonds. The summed E-state index contributed by atoms with van der Waals surface area (Å²) >= 11 is 0. The molecule has 0 aromatic heterocycles. The van der Waals surface area contributed by atoms with Gasteiger partial charge >= 0.3 is 0 Å². The number of benzene rings is 2. The third-order valence-corrected chi connectivity index (χ3v) is 3.83. The highest BCUT2D eigenvalue weighted by molar-refractivity contribution is 5.48. The Morgan fingerprint density at radius 3 is 1.95 bits per heavy atom. The number of hydrogen-bond acceptors (Lipinski definition) is 1. The maximum absolute atomic E-state index is 13.5. The van der Waals surface area contributed by atoms with Gasteiger partial charge in [-0.2, -0.15) is 0 Å². The Kier molecular flexibility index (Phi) is 3.57. The minimum atomic E-state index is -0.937. The fourth-order valence-corrected chi connectivity index (χ4v) is 2.63. The fourth-order valence-electron chi connectivity index (χ4n) is 2.63. The molecule has 5 heteroatoms. The predicted molar refractivity (Wildman–Crippen MR) is 72.1 cm³/mol. The summed E-state index contributed by atoms with van der Waals surface area (Å²) < 4.78 is 52.7. The van der Waals surface area contributed by atoms with Crippen LogP contribution in [0.1, 0.15) is 24.3 Å². The molecular weight excluding hydrogens is 282 g/mol. The summed E-state index contributed by atoms with van der Waals surface area (Å²) in [5, 5.41) is 2.76. The van der Waals surface area contributed by atoms with Crippen LogP contribution in [0.3, 0.4) is 0 Å². The van der Waals surface area contributed by atoms with Crippen molar-refractivity contribution in [1.82, 2.24) is 0 Å². The highest BCUT2D eigenvalue weighted by atomic mass is 19.1. The summed E-state index contributed by atoms with van der Waals surface area (Å²) in [6, 6.07) is 7.47. The Morgan fingerprint density at radius 2 is 1.38 bits per heavy atom. The first kappa shape index (κ1) is 13.9. The minimum Gasteiger partial charge on any atom is -0.378 e. The van der Waals surface area contributed by atoms with Crippen LogP contribution in [0.15, 0.2) is 36.4 Å². The van der Waals surface area contributed by atoms with E-state index in [0.29, 0.717) is 25.0 Å². The first-order chi connectivity index (χ1) is 10.0. The summed E-state index contributed by atoms with van der Waals surface area (Å²) in [5.74, 6) is -2.85. The topological polar surface area (TPSA) is 12.0 Å². The van der Waals surface area contributed by atoms with E-state index in [1.54, 1.807) is 12.1 Å². The van der Waals surface area contributed by atoms with E-state index in [1.165, 1.54) is 12.1 Å². The molecule has 0 bridgehead atoms. The summed E-state index contributed by atoms with van der Waals surface area (Å²) in [5.41, 5.74) is 0.716. The van der Waals surface area contributed by atoms with Gasteiger partial charge in [0.2, 0.25) is 0 Å². The monoisotopic (exact) mass is 295 g/mol. The Hall–Kier alpha value is -2.04. The third-order valence-electron chi connectivity index (χ3n) is 3.83. The van der Waals surface area contributed by atoms with Crippen molar-refractivity contribution in [3.05, 3.63) is 65.2 Å². The molecule has 0 spiro atoms. The molecule has 2 aromatic rings. The number of nitrogens with one attached hydrogen (secondary N) is 1. The lowest BCUT2D eigenvalue weighted by molar-refractivity contribution is 0.370. The van der Waals surface area contributed by atoms with Crippen LogP contribution in [0.4, 0.5) is 23.2 Å². The second-order valence-electron chi connectivity index (χ2n) is 5.31. The second kappa shape index (κ2) is 5.39. The number of hydrogen-bond donors (Lipinski definition) is 1. The van der Waals surface area contributed by atoms with Crippen LogP contribution >= 0.6 is 0 Å². The van der Waals surface area contributed by atoms with Crippen LogP contribution in [0.25, 0.3) is 0 Å². The van der Waals surface area contributed by atoms with E-state index in [2.05, 4.69) is 5.32 Å². The fraction of sp³-hybridized carbons (Fsp3) is 0.250. The van der Waals surface area contributed by atoms with Crippen molar-refractivity contribution in [1.29, 1.82) is 0 Å². The molecule has 0 aliphatic heterocycles. The second-order valence-corrected chi connectivity index (χ2v) is 5.31. The summed E-state index contributed by atoms with van der Waals surface area (Å²) in [7, 11) is 0. The lowest BCUT2D eigenvalue weighted by Gasteiger charge is -2.37. The van der Waals surface area contributed by atoms with Crippen molar-refractivity contribution in [3.63, 3.8) is 0 Å². The zero-order chi connectivity index (χ0) is 15.0. The van der Waals surface area contributed by atoms with E-state index < -0.39 is 17.5 Å². The quantitative estimate of drug-likeness (QED) is 0.816. The van der Waals surface area contributed by atoms with Gasteiger partial charge in [-0.3, -0.25) is 0 Å². The van der Waals surface area contributed by atoms with Gasteiger partial charge in [0, 0.05) is 18.2 Å². The SMILES string of the molecule is Fc1ccc(C2CC(Nc3c(F)cc(F)cc3F)C2)cc1. The van der Waals surface area contributed by atoms with Crippen molar-refractivity contribution in [2.75, 3.05) is 5.32 Å². The standard InChI is InChI=1S/C16H13F4N/c17-11-3-1-9(2-4-11)10-5-13(6-10)21-16-14(19)7-12(18)8-15(16)20/h1-4,7-8,10,13,21H,5-6H2. The molecule has 110 valence electrons. The van der Waals surface area contributed by atoms with E-state index in [-0.39, 0.29) is 23.5 Å². The van der Waals surface area contributed by atoms with E-state index in [0.717, 1.165) is 5.56 Å². The Morgan fingerprint density at radius 1 is 0.810 bits per heavy atom. The lowest BCUT2D eigenvalue weighted by Crippen LogP contribution is -2.34.